The third-order valence-electron chi connectivity index (χ3n) is 4.12. The molecule has 119 valence electrons. The summed E-state index contributed by atoms with van der Waals surface area (Å²) in [6.45, 7) is 4.49. The Kier molecular flexibility index (Phi) is 4.10. The van der Waals surface area contributed by atoms with Crippen molar-refractivity contribution in [2.75, 3.05) is 6.67 Å². The van der Waals surface area contributed by atoms with Gasteiger partial charge in [0.1, 0.15) is 12.5 Å². The molecular formula is C18H15BFN2S2. The molecule has 0 N–H and O–H groups in total. The first-order valence-corrected chi connectivity index (χ1v) is 9.54. The van der Waals surface area contributed by atoms with Gasteiger partial charge in [-0.1, -0.05) is 19.8 Å². The molecular weight excluding hydrogens is 338 g/mol. The normalized spacial score (nSPS) is 12.6. The minimum absolute atomic E-state index is 0.222. The molecule has 1 aliphatic heterocycles. The van der Waals surface area contributed by atoms with Crippen molar-refractivity contribution in [3.05, 3.63) is 51.7 Å². The predicted octanol–water partition coefficient (Wildman–Crippen LogP) is 3.43. The molecule has 1 aliphatic rings. The number of halogens is 1. The van der Waals surface area contributed by atoms with Gasteiger partial charge in [0.05, 0.1) is 16.3 Å². The third kappa shape index (κ3) is 2.54. The maximum atomic E-state index is 15.0. The average molecular weight is 353 g/mol. The molecule has 24 heavy (non-hydrogen) atoms. The smallest absolute Gasteiger partial charge is 0.162 e. The van der Waals surface area contributed by atoms with Gasteiger partial charge in [0, 0.05) is 20.2 Å². The van der Waals surface area contributed by atoms with E-state index in [0.29, 0.717) is 17.6 Å². The average Bonchev–Trinajstić information content (AvgIpc) is 3.33. The monoisotopic (exact) mass is 353 g/mol. The molecule has 3 heterocycles. The van der Waals surface area contributed by atoms with Gasteiger partial charge in [0.2, 0.25) is 0 Å². The lowest BCUT2D eigenvalue weighted by Crippen LogP contribution is -2.27. The van der Waals surface area contributed by atoms with Crippen LogP contribution in [0.15, 0.2) is 40.3 Å². The minimum atomic E-state index is -0.222. The van der Waals surface area contributed by atoms with Gasteiger partial charge >= 0.3 is 0 Å². The Balaban J connectivity index is 1.94. The third-order valence-corrected chi connectivity index (χ3v) is 6.55. The van der Waals surface area contributed by atoms with Crippen LogP contribution < -0.4 is 15.5 Å². The van der Waals surface area contributed by atoms with Crippen molar-refractivity contribution >= 4 is 34.7 Å². The summed E-state index contributed by atoms with van der Waals surface area (Å²) in [5.74, 6) is -0.222. The molecule has 0 fully saturated rings. The van der Waals surface area contributed by atoms with Crippen LogP contribution in [-0.4, -0.2) is 13.9 Å². The fourth-order valence-electron chi connectivity index (χ4n) is 2.89. The fourth-order valence-corrected chi connectivity index (χ4v) is 4.80. The standard InChI is InChI=1S/C18H15BFN2S2/c1-3-10-4-5-13(23-10)11-8-12(20)16(18-17(11)21-9-22-18)14-6-7-15(19-2)24-14/h4-8H,3,9H2,1-2H3. The van der Waals surface area contributed by atoms with E-state index in [1.54, 1.807) is 28.7 Å². The summed E-state index contributed by atoms with van der Waals surface area (Å²) < 4.78 is 16.1. The van der Waals surface area contributed by atoms with Crippen LogP contribution >= 0.6 is 22.7 Å². The molecule has 1 aromatic carbocycles. The highest BCUT2D eigenvalue weighted by Gasteiger charge is 2.19. The van der Waals surface area contributed by atoms with Crippen molar-refractivity contribution in [1.29, 1.82) is 0 Å². The quantitative estimate of drug-likeness (QED) is 0.642. The molecule has 0 bridgehead atoms. The van der Waals surface area contributed by atoms with E-state index in [1.807, 2.05) is 26.2 Å². The Morgan fingerprint density at radius 2 is 1.88 bits per heavy atom. The fraction of sp³-hybridized carbons (Fsp3) is 0.222. The van der Waals surface area contributed by atoms with Crippen LogP contribution in [-0.2, 0) is 6.42 Å². The Labute approximate surface area is 148 Å². The molecule has 0 spiro atoms. The number of benzene rings is 1. The highest BCUT2D eigenvalue weighted by atomic mass is 32.1. The summed E-state index contributed by atoms with van der Waals surface area (Å²) in [6.07, 6.45) is 0.987. The summed E-state index contributed by atoms with van der Waals surface area (Å²) in [7, 11) is 2.03. The summed E-state index contributed by atoms with van der Waals surface area (Å²) >= 11 is 3.28. The number of fused-ring (bicyclic) bond motifs is 1. The first-order valence-electron chi connectivity index (χ1n) is 7.91. The van der Waals surface area contributed by atoms with Crippen LogP contribution in [0.1, 0.15) is 11.8 Å². The van der Waals surface area contributed by atoms with E-state index in [-0.39, 0.29) is 5.82 Å². The van der Waals surface area contributed by atoms with Gasteiger partial charge in [-0.15, -0.1) is 11.3 Å². The first-order chi connectivity index (χ1) is 11.7. The van der Waals surface area contributed by atoms with Gasteiger partial charge in [-0.25, -0.2) is 4.39 Å². The lowest BCUT2D eigenvalue weighted by Gasteiger charge is -2.04. The lowest BCUT2D eigenvalue weighted by molar-refractivity contribution is 0.630. The second-order valence-corrected chi connectivity index (χ2v) is 7.83. The van der Waals surface area contributed by atoms with Crippen molar-refractivity contribution in [1.82, 2.24) is 0 Å². The maximum Gasteiger partial charge on any atom is 0.162 e. The van der Waals surface area contributed by atoms with Gasteiger partial charge in [0.25, 0.3) is 0 Å². The molecule has 4 rings (SSSR count). The molecule has 6 heteroatoms. The van der Waals surface area contributed by atoms with Crippen LogP contribution in [0.3, 0.4) is 0 Å². The van der Waals surface area contributed by atoms with E-state index < -0.39 is 0 Å². The van der Waals surface area contributed by atoms with Gasteiger partial charge in [-0.3, -0.25) is 9.98 Å². The van der Waals surface area contributed by atoms with E-state index in [9.17, 15) is 4.39 Å². The lowest BCUT2D eigenvalue weighted by atomic mass is 9.81. The topological polar surface area (TPSA) is 24.7 Å². The van der Waals surface area contributed by atoms with Gasteiger partial charge in [-0.2, -0.15) is 11.3 Å². The van der Waals surface area contributed by atoms with Gasteiger partial charge < -0.3 is 0 Å². The zero-order valence-corrected chi connectivity index (χ0v) is 15.1. The zero-order valence-electron chi connectivity index (χ0n) is 13.5. The Morgan fingerprint density at radius 3 is 2.58 bits per heavy atom. The number of aryl methyl sites for hydroxylation is 1. The molecule has 0 atom stereocenters. The van der Waals surface area contributed by atoms with E-state index >= 15 is 0 Å². The Bertz CT molecular complexity index is 1040. The SMILES string of the molecule is C[B]c1ccc(-c2c(F)cc(-c3ccc(CC)s3)c3c2=NCN=3)s1. The second kappa shape index (κ2) is 6.26. The van der Waals surface area contributed by atoms with Crippen molar-refractivity contribution in [3.8, 4) is 20.9 Å². The van der Waals surface area contributed by atoms with Crippen LogP contribution in [0.5, 0.6) is 0 Å². The maximum absolute atomic E-state index is 15.0. The predicted molar refractivity (Wildman–Crippen MR) is 101 cm³/mol. The largest absolute Gasteiger partial charge is 0.259 e. The Hall–Kier alpha value is -1.79. The van der Waals surface area contributed by atoms with Crippen molar-refractivity contribution < 1.29 is 4.39 Å². The molecule has 0 unspecified atom stereocenters. The summed E-state index contributed by atoms with van der Waals surface area (Å²) in [4.78, 5) is 12.3. The van der Waals surface area contributed by atoms with E-state index in [0.717, 1.165) is 31.9 Å². The molecule has 0 amide bonds. The van der Waals surface area contributed by atoms with Crippen molar-refractivity contribution in [2.45, 2.75) is 20.2 Å². The van der Waals surface area contributed by atoms with E-state index in [2.05, 4.69) is 29.0 Å². The van der Waals surface area contributed by atoms with Crippen LogP contribution in [0.25, 0.3) is 20.9 Å². The van der Waals surface area contributed by atoms with E-state index in [1.165, 1.54) is 4.88 Å². The number of hydrogen-bond acceptors (Lipinski definition) is 4. The number of rotatable bonds is 4. The summed E-state index contributed by atoms with van der Waals surface area (Å²) in [5, 5.41) is 1.52. The molecule has 0 aliphatic carbocycles. The first kappa shape index (κ1) is 15.7. The van der Waals surface area contributed by atoms with Crippen LogP contribution in [0.4, 0.5) is 4.39 Å². The Morgan fingerprint density at radius 1 is 1.08 bits per heavy atom. The van der Waals surface area contributed by atoms with E-state index in [4.69, 9.17) is 0 Å². The highest BCUT2D eigenvalue weighted by Crippen LogP contribution is 2.29. The van der Waals surface area contributed by atoms with Gasteiger partial charge in [0.15, 0.2) is 7.28 Å². The molecule has 2 aromatic heterocycles. The molecule has 2 nitrogen and oxygen atoms in total. The van der Waals surface area contributed by atoms with Crippen molar-refractivity contribution in [2.24, 2.45) is 9.98 Å². The van der Waals surface area contributed by atoms with Crippen LogP contribution in [0, 0.1) is 5.82 Å². The molecule has 0 saturated heterocycles. The summed E-state index contributed by atoms with van der Waals surface area (Å²) in [6, 6.07) is 9.76. The highest BCUT2D eigenvalue weighted by molar-refractivity contribution is 7.24. The molecule has 3 aromatic rings. The second-order valence-electron chi connectivity index (χ2n) is 5.55. The molecule has 0 saturated carbocycles. The minimum Gasteiger partial charge on any atom is -0.259 e. The summed E-state index contributed by atoms with van der Waals surface area (Å²) in [5.41, 5.74) is 1.44. The number of thiophene rings is 2. The zero-order chi connectivity index (χ0) is 16.7. The molecule has 1 radical (unpaired) electrons. The van der Waals surface area contributed by atoms with Crippen LogP contribution in [0.2, 0.25) is 6.82 Å². The van der Waals surface area contributed by atoms with Crippen molar-refractivity contribution in [3.63, 3.8) is 0 Å². The van der Waals surface area contributed by atoms with Gasteiger partial charge in [-0.05, 0) is 35.5 Å². The number of nitrogens with zero attached hydrogens (tertiary/aromatic N) is 2. The number of hydrogen-bond donors (Lipinski definition) is 0.